The first-order valence-electron chi connectivity index (χ1n) is 11.1. The Morgan fingerprint density at radius 2 is 1.85 bits per heavy atom. The van der Waals surface area contributed by atoms with Crippen molar-refractivity contribution in [3.8, 4) is 5.75 Å². The van der Waals surface area contributed by atoms with E-state index in [9.17, 15) is 22.8 Å². The average Bonchev–Trinajstić information content (AvgIpc) is 2.80. The maximum Gasteiger partial charge on any atom is 0.265 e. The minimum atomic E-state index is -3.81. The number of benzene rings is 2. The number of nitrogens with one attached hydrogen (secondary N) is 2. The molecule has 2 heterocycles. The molecule has 1 atom stereocenters. The van der Waals surface area contributed by atoms with Gasteiger partial charge in [0, 0.05) is 36.3 Å². The lowest BCUT2D eigenvalue weighted by Crippen LogP contribution is -2.41. The van der Waals surface area contributed by atoms with Gasteiger partial charge in [0.05, 0.1) is 10.6 Å². The quantitative estimate of drug-likeness (QED) is 0.628. The van der Waals surface area contributed by atoms with Crippen molar-refractivity contribution in [3.63, 3.8) is 0 Å². The molecule has 180 valence electrons. The maximum atomic E-state index is 13.4. The fraction of sp³-hybridized carbons (Fsp3) is 0.375. The van der Waals surface area contributed by atoms with Crippen LogP contribution in [0.15, 0.2) is 41.3 Å². The Balaban J connectivity index is 1.44. The molecule has 0 unspecified atom stereocenters. The summed E-state index contributed by atoms with van der Waals surface area (Å²) in [5, 5.41) is 5.55. The van der Waals surface area contributed by atoms with Crippen LogP contribution in [0.1, 0.15) is 42.6 Å². The second-order valence-corrected chi connectivity index (χ2v) is 10.6. The van der Waals surface area contributed by atoms with Crippen LogP contribution in [0.5, 0.6) is 5.75 Å². The Morgan fingerprint density at radius 1 is 1.15 bits per heavy atom. The Morgan fingerprint density at radius 3 is 2.53 bits per heavy atom. The lowest BCUT2D eigenvalue weighted by molar-refractivity contribution is -0.123. The minimum Gasteiger partial charge on any atom is -0.479 e. The molecule has 2 amide bonds. The second-order valence-electron chi connectivity index (χ2n) is 8.67. The molecule has 0 aliphatic carbocycles. The Labute approximate surface area is 198 Å². The number of hydrogen-bond donors (Lipinski definition) is 2. The molecule has 2 aromatic rings. The van der Waals surface area contributed by atoms with Crippen molar-refractivity contribution in [2.24, 2.45) is 5.92 Å². The van der Waals surface area contributed by atoms with Crippen LogP contribution < -0.4 is 15.4 Å². The van der Waals surface area contributed by atoms with Crippen LogP contribution in [-0.4, -0.2) is 49.5 Å². The monoisotopic (exact) mass is 485 g/mol. The van der Waals surface area contributed by atoms with Crippen LogP contribution in [0, 0.1) is 12.8 Å². The molecule has 10 heteroatoms. The normalized spacial score (nSPS) is 19.0. The molecule has 2 N–H and O–H groups in total. The van der Waals surface area contributed by atoms with E-state index in [1.807, 2.05) is 0 Å². The molecule has 0 aromatic heterocycles. The number of carbonyl (C=O) groups excluding carboxylic acids is 3. The van der Waals surface area contributed by atoms with Crippen molar-refractivity contribution in [1.29, 1.82) is 0 Å². The van der Waals surface area contributed by atoms with Crippen LogP contribution in [0.4, 0.5) is 11.4 Å². The minimum absolute atomic E-state index is 0.0886. The summed E-state index contributed by atoms with van der Waals surface area (Å²) in [6, 6.07) is 9.79. The zero-order chi connectivity index (χ0) is 24.6. The van der Waals surface area contributed by atoms with Crippen molar-refractivity contribution in [1.82, 2.24) is 4.31 Å². The average molecular weight is 486 g/mol. The van der Waals surface area contributed by atoms with E-state index < -0.39 is 16.1 Å². The highest BCUT2D eigenvalue weighted by Crippen LogP contribution is 2.36. The fourth-order valence-corrected chi connectivity index (χ4v) is 5.87. The largest absolute Gasteiger partial charge is 0.479 e. The highest BCUT2D eigenvalue weighted by atomic mass is 32.2. The molecule has 9 nitrogen and oxygen atoms in total. The molecule has 2 aromatic carbocycles. The van der Waals surface area contributed by atoms with Gasteiger partial charge in [-0.05, 0) is 57.4 Å². The Bertz CT molecular complexity index is 1270. The number of carbonyl (C=O) groups is 3. The molecule has 4 rings (SSSR count). The molecule has 1 fully saturated rings. The first-order chi connectivity index (χ1) is 16.1. The van der Waals surface area contributed by atoms with Crippen molar-refractivity contribution >= 4 is 39.0 Å². The van der Waals surface area contributed by atoms with Gasteiger partial charge in [-0.2, -0.15) is 4.31 Å². The molecule has 0 bridgehead atoms. The number of nitrogens with zero attached hydrogens (tertiary/aromatic N) is 1. The molecule has 2 aliphatic heterocycles. The van der Waals surface area contributed by atoms with E-state index in [1.165, 1.54) is 17.3 Å². The number of rotatable bonds is 5. The van der Waals surface area contributed by atoms with Gasteiger partial charge in [-0.1, -0.05) is 12.1 Å². The molecule has 2 aliphatic rings. The Kier molecular flexibility index (Phi) is 6.46. The van der Waals surface area contributed by atoms with Crippen molar-refractivity contribution in [2.45, 2.75) is 44.6 Å². The van der Waals surface area contributed by atoms with E-state index in [1.54, 1.807) is 44.2 Å². The predicted octanol–water partition coefficient (Wildman–Crippen LogP) is 2.96. The summed E-state index contributed by atoms with van der Waals surface area (Å²) >= 11 is 0. The predicted molar refractivity (Wildman–Crippen MR) is 126 cm³/mol. The number of ether oxygens (including phenoxy) is 1. The number of ketones is 1. The molecule has 0 saturated carbocycles. The number of piperidine rings is 1. The van der Waals surface area contributed by atoms with Gasteiger partial charge >= 0.3 is 0 Å². The van der Waals surface area contributed by atoms with Gasteiger partial charge in [0.1, 0.15) is 5.75 Å². The molecule has 1 saturated heterocycles. The number of Topliss-reactive ketones (excluding diaryl/α,β-unsaturated/α-hetero) is 1. The second kappa shape index (κ2) is 9.19. The van der Waals surface area contributed by atoms with Crippen molar-refractivity contribution in [2.75, 3.05) is 23.7 Å². The lowest BCUT2D eigenvalue weighted by Gasteiger charge is -2.31. The molecular formula is C24H27N3O6S. The summed E-state index contributed by atoms with van der Waals surface area (Å²) in [5.41, 5.74) is 2.00. The Hall–Kier alpha value is -3.24. The fourth-order valence-electron chi connectivity index (χ4n) is 4.18. The van der Waals surface area contributed by atoms with E-state index in [0.29, 0.717) is 41.1 Å². The summed E-state index contributed by atoms with van der Waals surface area (Å²) in [6.45, 7) is 5.14. The van der Waals surface area contributed by atoms with Gasteiger partial charge in [0.15, 0.2) is 11.9 Å². The van der Waals surface area contributed by atoms with Crippen LogP contribution in [0.25, 0.3) is 0 Å². The first-order valence-corrected chi connectivity index (χ1v) is 12.5. The summed E-state index contributed by atoms with van der Waals surface area (Å²) in [7, 11) is -3.81. The van der Waals surface area contributed by atoms with Gasteiger partial charge in [-0.15, -0.1) is 0 Å². The molecular weight excluding hydrogens is 458 g/mol. The maximum absolute atomic E-state index is 13.4. The standard InChI is InChI=1S/C24H27N3O6S/c1-14-11-20-21(33-16(3)23(29)26-20)13-22(14)34(31,32)27-9-7-17(8-10-27)24(30)25-19-6-4-5-18(12-19)15(2)28/h4-6,11-13,16-17H,7-10H2,1-3H3,(H,25,30)(H,26,29)/t16-/m0/s1. The van der Waals surface area contributed by atoms with Crippen LogP contribution >= 0.6 is 0 Å². The van der Waals surface area contributed by atoms with Crippen LogP contribution in [-0.2, 0) is 19.6 Å². The first kappa shape index (κ1) is 23.9. The lowest BCUT2D eigenvalue weighted by atomic mass is 9.97. The third-order valence-electron chi connectivity index (χ3n) is 6.19. The van der Waals surface area contributed by atoms with Crippen molar-refractivity contribution < 1.29 is 27.5 Å². The highest BCUT2D eigenvalue weighted by molar-refractivity contribution is 7.89. The van der Waals surface area contributed by atoms with Gasteiger partial charge in [0.25, 0.3) is 5.91 Å². The zero-order valence-corrected chi connectivity index (χ0v) is 20.1. The third-order valence-corrected chi connectivity index (χ3v) is 8.23. The SMILES string of the molecule is CC(=O)c1cccc(NC(=O)C2CCN(S(=O)(=O)c3cc4c(cc3C)NC(=O)[C@H](C)O4)CC2)c1. The summed E-state index contributed by atoms with van der Waals surface area (Å²) < 4.78 is 33.7. The summed E-state index contributed by atoms with van der Waals surface area (Å²) in [4.78, 5) is 36.3. The van der Waals surface area contributed by atoms with Gasteiger partial charge in [-0.3, -0.25) is 14.4 Å². The van der Waals surface area contributed by atoms with Crippen LogP contribution in [0.2, 0.25) is 0 Å². The van der Waals surface area contributed by atoms with Crippen LogP contribution in [0.3, 0.4) is 0 Å². The van der Waals surface area contributed by atoms with Gasteiger partial charge < -0.3 is 15.4 Å². The number of sulfonamides is 1. The topological polar surface area (TPSA) is 122 Å². The van der Waals surface area contributed by atoms with E-state index in [0.717, 1.165) is 0 Å². The van der Waals surface area contributed by atoms with E-state index in [4.69, 9.17) is 4.74 Å². The smallest absolute Gasteiger partial charge is 0.265 e. The van der Waals surface area contributed by atoms with E-state index in [2.05, 4.69) is 10.6 Å². The number of fused-ring (bicyclic) bond motifs is 1. The number of hydrogen-bond acceptors (Lipinski definition) is 6. The summed E-state index contributed by atoms with van der Waals surface area (Å²) in [6.07, 6.45) is 0.0481. The molecule has 0 radical (unpaired) electrons. The van der Waals surface area contributed by atoms with E-state index >= 15 is 0 Å². The molecule has 0 spiro atoms. The van der Waals surface area contributed by atoms with Crippen molar-refractivity contribution in [3.05, 3.63) is 47.5 Å². The zero-order valence-electron chi connectivity index (χ0n) is 19.3. The third kappa shape index (κ3) is 4.69. The van der Waals surface area contributed by atoms with Gasteiger partial charge in [-0.25, -0.2) is 8.42 Å². The number of amides is 2. The van der Waals surface area contributed by atoms with Gasteiger partial charge in [0.2, 0.25) is 15.9 Å². The summed E-state index contributed by atoms with van der Waals surface area (Å²) in [5.74, 6) is -0.583. The number of anilines is 2. The number of aryl methyl sites for hydroxylation is 1. The molecule has 34 heavy (non-hydrogen) atoms. The van der Waals surface area contributed by atoms with E-state index in [-0.39, 0.29) is 41.5 Å². The highest BCUT2D eigenvalue weighted by Gasteiger charge is 2.34.